The summed E-state index contributed by atoms with van der Waals surface area (Å²) in [6.07, 6.45) is 1.49. The normalized spacial score (nSPS) is 11.0. The number of aromatic carboxylic acids is 1. The van der Waals surface area contributed by atoms with Crippen LogP contribution in [0.3, 0.4) is 0 Å². The summed E-state index contributed by atoms with van der Waals surface area (Å²) in [6.45, 7) is 0. The number of nitro benzene ring substituents is 1. The Hall–Kier alpha value is -4.18. The third kappa shape index (κ3) is 3.75. The van der Waals surface area contributed by atoms with Gasteiger partial charge in [0.15, 0.2) is 0 Å². The fourth-order valence-electron chi connectivity index (χ4n) is 2.53. The number of furan rings is 1. The molecule has 3 rings (SSSR count). The van der Waals surface area contributed by atoms with E-state index in [4.69, 9.17) is 9.52 Å². The van der Waals surface area contributed by atoms with Gasteiger partial charge in [-0.2, -0.15) is 5.26 Å². The third-order valence-electron chi connectivity index (χ3n) is 3.84. The quantitative estimate of drug-likeness (QED) is 0.403. The largest absolute Gasteiger partial charge is 0.478 e. The zero-order valence-electron chi connectivity index (χ0n) is 13.8. The standard InChI is InChI=1S/C20H12N2O5/c21-12-15(13-5-7-14(8-6-13)20(23)24)11-16-9-10-19(27-16)17-3-1-2-4-18(17)22(25)26/h1-11H,(H,23,24)/b15-11-. The molecule has 0 saturated heterocycles. The molecule has 27 heavy (non-hydrogen) atoms. The number of carboxylic acid groups (broad SMARTS) is 1. The highest BCUT2D eigenvalue weighted by Gasteiger charge is 2.17. The van der Waals surface area contributed by atoms with Crippen LogP contribution in [-0.2, 0) is 0 Å². The number of allylic oxidation sites excluding steroid dienone is 1. The highest BCUT2D eigenvalue weighted by molar-refractivity contribution is 5.91. The second-order valence-corrected chi connectivity index (χ2v) is 5.53. The summed E-state index contributed by atoms with van der Waals surface area (Å²) in [7, 11) is 0. The average molecular weight is 360 g/mol. The van der Waals surface area contributed by atoms with Gasteiger partial charge >= 0.3 is 5.97 Å². The Labute approximate surface area is 153 Å². The average Bonchev–Trinajstić information content (AvgIpc) is 3.14. The number of carbonyl (C=O) groups is 1. The molecule has 7 nitrogen and oxygen atoms in total. The van der Waals surface area contributed by atoms with Crippen LogP contribution in [0.25, 0.3) is 23.0 Å². The lowest BCUT2D eigenvalue weighted by molar-refractivity contribution is -0.384. The van der Waals surface area contributed by atoms with E-state index in [1.807, 2.05) is 6.07 Å². The summed E-state index contributed by atoms with van der Waals surface area (Å²) in [5.41, 5.74) is 1.19. The number of hydrogen-bond acceptors (Lipinski definition) is 5. The summed E-state index contributed by atoms with van der Waals surface area (Å²) < 4.78 is 5.65. The van der Waals surface area contributed by atoms with Crippen LogP contribution in [-0.4, -0.2) is 16.0 Å². The summed E-state index contributed by atoms with van der Waals surface area (Å²) in [4.78, 5) is 21.6. The smallest absolute Gasteiger partial charge is 0.335 e. The minimum Gasteiger partial charge on any atom is -0.478 e. The van der Waals surface area contributed by atoms with Crippen LogP contribution in [0.2, 0.25) is 0 Å². The van der Waals surface area contributed by atoms with Gasteiger partial charge in [-0.05, 0) is 42.0 Å². The number of nitro groups is 1. The van der Waals surface area contributed by atoms with Gasteiger partial charge in [-0.3, -0.25) is 10.1 Å². The molecule has 1 N–H and O–H groups in total. The molecule has 132 valence electrons. The van der Waals surface area contributed by atoms with Crippen molar-refractivity contribution in [2.45, 2.75) is 0 Å². The predicted molar refractivity (Wildman–Crippen MR) is 97.7 cm³/mol. The minimum absolute atomic E-state index is 0.0767. The first-order valence-corrected chi connectivity index (χ1v) is 7.79. The first-order valence-electron chi connectivity index (χ1n) is 7.79. The van der Waals surface area contributed by atoms with E-state index in [0.717, 1.165) is 0 Å². The molecule has 7 heteroatoms. The van der Waals surface area contributed by atoms with Gasteiger partial charge in [0.05, 0.1) is 27.7 Å². The van der Waals surface area contributed by atoms with Gasteiger partial charge < -0.3 is 9.52 Å². The van der Waals surface area contributed by atoms with Crippen LogP contribution < -0.4 is 0 Å². The number of nitrogens with zero attached hydrogens (tertiary/aromatic N) is 2. The first kappa shape index (κ1) is 17.6. The Morgan fingerprint density at radius 1 is 1.07 bits per heavy atom. The second kappa shape index (κ2) is 7.37. The van der Waals surface area contributed by atoms with E-state index in [0.29, 0.717) is 22.6 Å². The molecule has 0 aliphatic carbocycles. The van der Waals surface area contributed by atoms with Crippen molar-refractivity contribution in [1.82, 2.24) is 0 Å². The Bertz CT molecular complexity index is 1090. The fourth-order valence-corrected chi connectivity index (χ4v) is 2.53. The first-order chi connectivity index (χ1) is 13.0. The molecule has 1 heterocycles. The van der Waals surface area contributed by atoms with Crippen molar-refractivity contribution in [2.75, 3.05) is 0 Å². The highest BCUT2D eigenvalue weighted by Crippen LogP contribution is 2.31. The van der Waals surface area contributed by atoms with Gasteiger partial charge in [-0.1, -0.05) is 24.3 Å². The number of nitriles is 1. The van der Waals surface area contributed by atoms with Crippen LogP contribution >= 0.6 is 0 Å². The number of benzene rings is 2. The van der Waals surface area contributed by atoms with E-state index in [1.54, 1.807) is 30.3 Å². The summed E-state index contributed by atoms with van der Waals surface area (Å²) in [5, 5.41) is 29.5. The maximum Gasteiger partial charge on any atom is 0.335 e. The van der Waals surface area contributed by atoms with Crippen molar-refractivity contribution in [2.24, 2.45) is 0 Å². The van der Waals surface area contributed by atoms with E-state index >= 15 is 0 Å². The van der Waals surface area contributed by atoms with E-state index in [1.165, 1.54) is 36.4 Å². The Kier molecular flexibility index (Phi) is 4.82. The van der Waals surface area contributed by atoms with E-state index in [-0.39, 0.29) is 16.8 Å². The van der Waals surface area contributed by atoms with Crippen molar-refractivity contribution < 1.29 is 19.2 Å². The van der Waals surface area contributed by atoms with Crippen molar-refractivity contribution >= 4 is 23.3 Å². The molecular weight excluding hydrogens is 348 g/mol. The van der Waals surface area contributed by atoms with Gasteiger partial charge in [-0.15, -0.1) is 0 Å². The molecule has 3 aromatic rings. The van der Waals surface area contributed by atoms with E-state index < -0.39 is 10.9 Å². The van der Waals surface area contributed by atoms with Crippen molar-refractivity contribution in [3.63, 3.8) is 0 Å². The van der Waals surface area contributed by atoms with Crippen molar-refractivity contribution in [3.05, 3.63) is 87.7 Å². The summed E-state index contributed by atoms with van der Waals surface area (Å²) in [6, 6.07) is 17.3. The molecule has 0 atom stereocenters. The van der Waals surface area contributed by atoms with Crippen molar-refractivity contribution in [1.29, 1.82) is 5.26 Å². The number of para-hydroxylation sites is 1. The molecule has 0 aliphatic rings. The lowest BCUT2D eigenvalue weighted by Crippen LogP contribution is -1.95. The second-order valence-electron chi connectivity index (χ2n) is 5.53. The Balaban J connectivity index is 1.95. The minimum atomic E-state index is -1.05. The van der Waals surface area contributed by atoms with Gasteiger partial charge in [0.1, 0.15) is 11.5 Å². The molecule has 0 amide bonds. The maximum atomic E-state index is 11.2. The monoisotopic (exact) mass is 360 g/mol. The molecule has 0 fully saturated rings. The van der Waals surface area contributed by atoms with Gasteiger partial charge in [-0.25, -0.2) is 4.79 Å². The van der Waals surface area contributed by atoms with Gasteiger partial charge in [0.25, 0.3) is 5.69 Å². The summed E-state index contributed by atoms with van der Waals surface area (Å²) in [5.74, 6) is -0.391. The van der Waals surface area contributed by atoms with Gasteiger partial charge in [0, 0.05) is 6.07 Å². The molecule has 0 spiro atoms. The molecule has 1 aromatic heterocycles. The highest BCUT2D eigenvalue weighted by atomic mass is 16.6. The lowest BCUT2D eigenvalue weighted by Gasteiger charge is -2.00. The molecule has 0 radical (unpaired) electrons. The van der Waals surface area contributed by atoms with Crippen LogP contribution in [0, 0.1) is 21.4 Å². The SMILES string of the molecule is N#C/C(=C/c1ccc(-c2ccccc2[N+](=O)[O-])o1)c1ccc(C(=O)O)cc1. The predicted octanol–water partition coefficient (Wildman–Crippen LogP) is 4.62. The van der Waals surface area contributed by atoms with Crippen LogP contribution in [0.15, 0.2) is 65.1 Å². The fraction of sp³-hybridized carbons (Fsp3) is 0. The topological polar surface area (TPSA) is 117 Å². The van der Waals surface area contributed by atoms with E-state index in [9.17, 15) is 20.2 Å². The molecule has 0 bridgehead atoms. The maximum absolute atomic E-state index is 11.2. The van der Waals surface area contributed by atoms with Gasteiger partial charge in [0.2, 0.25) is 0 Å². The number of carboxylic acids is 1. The Morgan fingerprint density at radius 3 is 2.37 bits per heavy atom. The van der Waals surface area contributed by atoms with Crippen molar-refractivity contribution in [3.8, 4) is 17.4 Å². The molecule has 2 aromatic carbocycles. The summed E-state index contributed by atoms with van der Waals surface area (Å²) >= 11 is 0. The number of rotatable bonds is 5. The zero-order valence-corrected chi connectivity index (χ0v) is 13.8. The zero-order chi connectivity index (χ0) is 19.4. The van der Waals surface area contributed by atoms with Crippen LogP contribution in [0.5, 0.6) is 0 Å². The molecule has 0 aliphatic heterocycles. The van der Waals surface area contributed by atoms with E-state index in [2.05, 4.69) is 0 Å². The molecular formula is C20H12N2O5. The third-order valence-corrected chi connectivity index (χ3v) is 3.84. The Morgan fingerprint density at radius 2 is 1.74 bits per heavy atom. The number of hydrogen-bond donors (Lipinski definition) is 1. The van der Waals surface area contributed by atoms with Crippen LogP contribution in [0.1, 0.15) is 21.7 Å². The van der Waals surface area contributed by atoms with Crippen LogP contribution in [0.4, 0.5) is 5.69 Å². The molecule has 0 unspecified atom stereocenters. The molecule has 0 saturated carbocycles. The lowest BCUT2D eigenvalue weighted by atomic mass is 10.0.